The number of rotatable bonds is 3. The molecule has 0 saturated heterocycles. The summed E-state index contributed by atoms with van der Waals surface area (Å²) in [5.41, 5.74) is 0. The van der Waals surface area contributed by atoms with Crippen LogP contribution >= 0.6 is 10.7 Å². The molecule has 0 aliphatic heterocycles. The SMILES string of the molecule is CC1CCC(Oc2c(F)cc(F)cc2S(=O)(=O)Cl)CC1C. The second-order valence-corrected chi connectivity index (χ2v) is 8.19. The van der Waals surface area contributed by atoms with Crippen LogP contribution in [0.5, 0.6) is 5.75 Å². The predicted molar refractivity (Wildman–Crippen MR) is 76.0 cm³/mol. The molecule has 7 heteroatoms. The molecule has 1 saturated carbocycles. The normalized spacial score (nSPS) is 26.6. The molecule has 3 atom stereocenters. The molecular weight excluding hydrogens is 322 g/mol. The van der Waals surface area contributed by atoms with E-state index in [4.69, 9.17) is 15.4 Å². The van der Waals surface area contributed by atoms with E-state index in [1.165, 1.54) is 0 Å². The summed E-state index contributed by atoms with van der Waals surface area (Å²) >= 11 is 0. The summed E-state index contributed by atoms with van der Waals surface area (Å²) in [6, 6.07) is 1.27. The lowest BCUT2D eigenvalue weighted by atomic mass is 9.80. The highest BCUT2D eigenvalue weighted by Gasteiger charge is 2.29. The summed E-state index contributed by atoms with van der Waals surface area (Å²) in [5.74, 6) is -1.62. The van der Waals surface area contributed by atoms with Gasteiger partial charge in [-0.3, -0.25) is 0 Å². The standard InChI is InChI=1S/C14H17ClF2O3S/c1-8-3-4-11(5-9(8)2)20-14-12(17)6-10(16)7-13(14)21(15,18)19/h6-9,11H,3-5H2,1-2H3. The summed E-state index contributed by atoms with van der Waals surface area (Å²) in [4.78, 5) is -0.659. The number of hydrogen-bond donors (Lipinski definition) is 0. The zero-order valence-corrected chi connectivity index (χ0v) is 13.3. The van der Waals surface area contributed by atoms with Crippen molar-refractivity contribution in [1.29, 1.82) is 0 Å². The molecule has 0 spiro atoms. The van der Waals surface area contributed by atoms with Crippen molar-refractivity contribution < 1.29 is 21.9 Å². The van der Waals surface area contributed by atoms with Crippen molar-refractivity contribution in [3.63, 3.8) is 0 Å². The smallest absolute Gasteiger partial charge is 0.265 e. The molecule has 0 amide bonds. The largest absolute Gasteiger partial charge is 0.486 e. The maximum atomic E-state index is 13.9. The summed E-state index contributed by atoms with van der Waals surface area (Å²) in [6.45, 7) is 4.20. The maximum Gasteiger partial charge on any atom is 0.265 e. The molecule has 1 aromatic rings. The minimum atomic E-state index is -4.29. The number of halogens is 3. The highest BCUT2D eigenvalue weighted by Crippen LogP contribution is 2.36. The summed E-state index contributed by atoms with van der Waals surface area (Å²) in [5, 5.41) is 0. The summed E-state index contributed by atoms with van der Waals surface area (Å²) in [7, 11) is 0.950. The van der Waals surface area contributed by atoms with Crippen LogP contribution in [0.1, 0.15) is 33.1 Å². The van der Waals surface area contributed by atoms with Gasteiger partial charge in [-0.15, -0.1) is 0 Å². The van der Waals surface area contributed by atoms with Gasteiger partial charge in [-0.1, -0.05) is 13.8 Å². The number of hydrogen-bond acceptors (Lipinski definition) is 3. The zero-order valence-electron chi connectivity index (χ0n) is 11.8. The van der Waals surface area contributed by atoms with Crippen LogP contribution in [-0.4, -0.2) is 14.5 Å². The van der Waals surface area contributed by atoms with E-state index >= 15 is 0 Å². The van der Waals surface area contributed by atoms with Crippen molar-refractivity contribution in [3.8, 4) is 5.75 Å². The molecule has 0 radical (unpaired) electrons. The van der Waals surface area contributed by atoms with Gasteiger partial charge >= 0.3 is 0 Å². The first-order valence-corrected chi connectivity index (χ1v) is 9.09. The van der Waals surface area contributed by atoms with Gasteiger partial charge in [0.1, 0.15) is 10.7 Å². The van der Waals surface area contributed by atoms with Crippen LogP contribution in [-0.2, 0) is 9.05 Å². The Morgan fingerprint density at radius 1 is 1.19 bits per heavy atom. The van der Waals surface area contributed by atoms with Crippen LogP contribution < -0.4 is 4.74 Å². The second kappa shape index (κ2) is 6.08. The third-order valence-corrected chi connectivity index (χ3v) is 5.40. The van der Waals surface area contributed by atoms with Gasteiger partial charge in [-0.25, -0.2) is 17.2 Å². The fourth-order valence-corrected chi connectivity index (χ4v) is 3.57. The quantitative estimate of drug-likeness (QED) is 0.779. The van der Waals surface area contributed by atoms with Gasteiger partial charge in [0.25, 0.3) is 9.05 Å². The summed E-state index contributed by atoms with van der Waals surface area (Å²) in [6.07, 6.45) is 2.01. The van der Waals surface area contributed by atoms with Crippen LogP contribution in [0.15, 0.2) is 17.0 Å². The van der Waals surface area contributed by atoms with Gasteiger partial charge < -0.3 is 4.74 Å². The molecule has 0 N–H and O–H groups in total. The minimum Gasteiger partial charge on any atom is -0.486 e. The molecule has 0 heterocycles. The Morgan fingerprint density at radius 2 is 1.86 bits per heavy atom. The Bertz CT molecular complexity index is 633. The summed E-state index contributed by atoms with van der Waals surface area (Å²) < 4.78 is 55.5. The monoisotopic (exact) mass is 338 g/mol. The predicted octanol–water partition coefficient (Wildman–Crippen LogP) is 4.10. The van der Waals surface area contributed by atoms with Gasteiger partial charge in [0.2, 0.25) is 0 Å². The maximum absolute atomic E-state index is 13.9. The van der Waals surface area contributed by atoms with Gasteiger partial charge in [0.05, 0.1) is 6.10 Å². The molecule has 0 bridgehead atoms. The zero-order chi connectivity index (χ0) is 15.8. The first kappa shape index (κ1) is 16.5. The van der Waals surface area contributed by atoms with E-state index in [-0.39, 0.29) is 6.10 Å². The van der Waals surface area contributed by atoms with Crippen molar-refractivity contribution in [2.24, 2.45) is 11.8 Å². The lowest BCUT2D eigenvalue weighted by molar-refractivity contribution is 0.0937. The van der Waals surface area contributed by atoms with Crippen molar-refractivity contribution >= 4 is 19.7 Å². The Hall–Kier alpha value is -0.880. The molecule has 3 nitrogen and oxygen atoms in total. The highest BCUT2D eigenvalue weighted by atomic mass is 35.7. The molecule has 0 aromatic heterocycles. The lowest BCUT2D eigenvalue weighted by Crippen LogP contribution is -2.29. The fraction of sp³-hybridized carbons (Fsp3) is 0.571. The Morgan fingerprint density at radius 3 is 2.43 bits per heavy atom. The number of ether oxygens (including phenoxy) is 1. The molecule has 1 aromatic carbocycles. The van der Waals surface area contributed by atoms with Crippen LogP contribution in [0.2, 0.25) is 0 Å². The van der Waals surface area contributed by atoms with Crippen molar-refractivity contribution in [2.75, 3.05) is 0 Å². The van der Waals surface area contributed by atoms with E-state index < -0.39 is 31.3 Å². The van der Waals surface area contributed by atoms with E-state index in [0.29, 0.717) is 36.8 Å². The fourth-order valence-electron chi connectivity index (χ4n) is 2.60. The molecule has 1 aliphatic carbocycles. The molecule has 1 aliphatic rings. The van der Waals surface area contributed by atoms with E-state index in [0.717, 1.165) is 6.42 Å². The third kappa shape index (κ3) is 3.86. The molecule has 2 rings (SSSR count). The number of benzene rings is 1. The highest BCUT2D eigenvalue weighted by molar-refractivity contribution is 8.13. The molecule has 3 unspecified atom stereocenters. The van der Waals surface area contributed by atoms with Crippen molar-refractivity contribution in [1.82, 2.24) is 0 Å². The van der Waals surface area contributed by atoms with Crippen LogP contribution in [0.25, 0.3) is 0 Å². The molecule has 118 valence electrons. The average Bonchev–Trinajstić information content (AvgIpc) is 2.35. The van der Waals surface area contributed by atoms with E-state index in [1.54, 1.807) is 0 Å². The van der Waals surface area contributed by atoms with E-state index in [9.17, 15) is 17.2 Å². The van der Waals surface area contributed by atoms with Crippen LogP contribution in [0.4, 0.5) is 8.78 Å². The Balaban J connectivity index is 2.32. The van der Waals surface area contributed by atoms with Crippen LogP contribution in [0, 0.1) is 23.5 Å². The molecule has 1 fully saturated rings. The van der Waals surface area contributed by atoms with E-state index in [1.807, 2.05) is 0 Å². The lowest BCUT2D eigenvalue weighted by Gasteiger charge is -2.32. The van der Waals surface area contributed by atoms with E-state index in [2.05, 4.69) is 13.8 Å². The first-order chi connectivity index (χ1) is 9.68. The third-order valence-electron chi connectivity index (χ3n) is 4.07. The minimum absolute atomic E-state index is 0.298. The molecule has 21 heavy (non-hydrogen) atoms. The average molecular weight is 339 g/mol. The van der Waals surface area contributed by atoms with Crippen LogP contribution in [0.3, 0.4) is 0 Å². The topological polar surface area (TPSA) is 43.4 Å². The van der Waals surface area contributed by atoms with Gasteiger partial charge in [-0.2, -0.15) is 0 Å². The Labute approximate surface area is 127 Å². The Kier molecular flexibility index (Phi) is 4.78. The second-order valence-electron chi connectivity index (χ2n) is 5.66. The first-order valence-electron chi connectivity index (χ1n) is 6.79. The van der Waals surface area contributed by atoms with Gasteiger partial charge in [0.15, 0.2) is 11.6 Å². The van der Waals surface area contributed by atoms with Crippen molar-refractivity contribution in [3.05, 3.63) is 23.8 Å². The van der Waals surface area contributed by atoms with Gasteiger partial charge in [-0.05, 0) is 37.2 Å². The van der Waals surface area contributed by atoms with Gasteiger partial charge in [0, 0.05) is 16.7 Å². The molecular formula is C14H17ClF2O3S. The van der Waals surface area contributed by atoms with Crippen molar-refractivity contribution in [2.45, 2.75) is 44.1 Å².